The first-order valence-electron chi connectivity index (χ1n) is 7.01. The number of hydrogen-bond acceptors (Lipinski definition) is 6. The van der Waals surface area contributed by atoms with Gasteiger partial charge in [0.25, 0.3) is 5.91 Å². The third-order valence-corrected chi connectivity index (χ3v) is 3.15. The highest BCUT2D eigenvalue weighted by Gasteiger charge is 2.34. The van der Waals surface area contributed by atoms with Gasteiger partial charge in [0.15, 0.2) is 5.82 Å². The summed E-state index contributed by atoms with van der Waals surface area (Å²) in [6, 6.07) is 1.71. The van der Waals surface area contributed by atoms with Crippen LogP contribution in [0.15, 0.2) is 16.7 Å². The number of halogens is 3. The second-order valence-electron chi connectivity index (χ2n) is 5.49. The van der Waals surface area contributed by atoms with Crippen LogP contribution in [0, 0.1) is 0 Å². The van der Waals surface area contributed by atoms with E-state index in [1.54, 1.807) is 0 Å². The Morgan fingerprint density at radius 2 is 2.00 bits per heavy atom. The fourth-order valence-corrected chi connectivity index (χ4v) is 1.94. The van der Waals surface area contributed by atoms with Crippen LogP contribution in [0.1, 0.15) is 47.5 Å². The van der Waals surface area contributed by atoms with Crippen LogP contribution in [-0.2, 0) is 12.7 Å². The predicted octanol–water partition coefficient (Wildman–Crippen LogP) is 2.34. The molecule has 0 aromatic carbocycles. The lowest BCUT2D eigenvalue weighted by atomic mass is 10.2. The number of primary amides is 1. The van der Waals surface area contributed by atoms with Crippen LogP contribution in [0.3, 0.4) is 0 Å². The van der Waals surface area contributed by atoms with E-state index in [1.165, 1.54) is 11.9 Å². The first-order chi connectivity index (χ1) is 11.1. The molecule has 130 valence electrons. The standard InChI is InChI=1S/C14H16F3N5O2/c1-7(2)13-20-10(21-24-13)6-22(3)12-8(11(18)23)4-5-9(19-12)14(15,16)17/h4-5,7H,6H2,1-3H3,(H2,18,23). The topological polar surface area (TPSA) is 98.1 Å². The van der Waals surface area contributed by atoms with Crippen molar-refractivity contribution in [2.45, 2.75) is 32.5 Å². The molecule has 2 aromatic rings. The van der Waals surface area contributed by atoms with E-state index in [4.69, 9.17) is 10.3 Å². The molecule has 0 aliphatic heterocycles. The summed E-state index contributed by atoms with van der Waals surface area (Å²) in [5.74, 6) is -0.395. The van der Waals surface area contributed by atoms with E-state index in [2.05, 4.69) is 15.1 Å². The van der Waals surface area contributed by atoms with Gasteiger partial charge in [-0.05, 0) is 12.1 Å². The Hall–Kier alpha value is -2.65. The summed E-state index contributed by atoms with van der Waals surface area (Å²) in [6.45, 7) is 3.73. The van der Waals surface area contributed by atoms with Crippen molar-refractivity contribution in [2.75, 3.05) is 11.9 Å². The van der Waals surface area contributed by atoms with Gasteiger partial charge in [-0.1, -0.05) is 19.0 Å². The SMILES string of the molecule is CC(C)c1nc(CN(C)c2nc(C(F)(F)F)ccc2C(N)=O)no1. The first-order valence-corrected chi connectivity index (χ1v) is 7.01. The summed E-state index contributed by atoms with van der Waals surface area (Å²) in [4.78, 5) is 20.4. The molecule has 24 heavy (non-hydrogen) atoms. The van der Waals surface area contributed by atoms with Crippen molar-refractivity contribution >= 4 is 11.7 Å². The lowest BCUT2D eigenvalue weighted by Crippen LogP contribution is -2.25. The number of carbonyl (C=O) groups is 1. The van der Waals surface area contributed by atoms with E-state index in [-0.39, 0.29) is 29.7 Å². The van der Waals surface area contributed by atoms with Gasteiger partial charge in [-0.15, -0.1) is 0 Å². The number of rotatable bonds is 5. The quantitative estimate of drug-likeness (QED) is 0.895. The van der Waals surface area contributed by atoms with Crippen LogP contribution in [0.4, 0.5) is 19.0 Å². The van der Waals surface area contributed by atoms with E-state index in [1.807, 2.05) is 13.8 Å². The number of anilines is 1. The molecule has 1 amide bonds. The predicted molar refractivity (Wildman–Crippen MR) is 78.3 cm³/mol. The van der Waals surface area contributed by atoms with Crippen molar-refractivity contribution in [3.05, 3.63) is 35.1 Å². The second-order valence-corrected chi connectivity index (χ2v) is 5.49. The van der Waals surface area contributed by atoms with Crippen molar-refractivity contribution < 1.29 is 22.5 Å². The van der Waals surface area contributed by atoms with Crippen molar-refractivity contribution in [3.8, 4) is 0 Å². The van der Waals surface area contributed by atoms with Gasteiger partial charge in [0, 0.05) is 13.0 Å². The zero-order valence-corrected chi connectivity index (χ0v) is 13.3. The van der Waals surface area contributed by atoms with Crippen LogP contribution in [0.25, 0.3) is 0 Å². The molecule has 10 heteroatoms. The van der Waals surface area contributed by atoms with Gasteiger partial charge >= 0.3 is 6.18 Å². The normalized spacial score (nSPS) is 11.8. The summed E-state index contributed by atoms with van der Waals surface area (Å²) in [5, 5.41) is 3.75. The van der Waals surface area contributed by atoms with Gasteiger partial charge in [-0.2, -0.15) is 18.2 Å². The third-order valence-electron chi connectivity index (χ3n) is 3.15. The van der Waals surface area contributed by atoms with Crippen LogP contribution in [0.5, 0.6) is 0 Å². The Morgan fingerprint density at radius 1 is 1.33 bits per heavy atom. The van der Waals surface area contributed by atoms with Gasteiger partial charge < -0.3 is 15.2 Å². The molecule has 0 saturated heterocycles. The highest BCUT2D eigenvalue weighted by molar-refractivity contribution is 5.97. The Balaban J connectivity index is 2.35. The number of pyridine rings is 1. The maximum absolute atomic E-state index is 12.8. The summed E-state index contributed by atoms with van der Waals surface area (Å²) in [5.41, 5.74) is 3.97. The highest BCUT2D eigenvalue weighted by atomic mass is 19.4. The average molecular weight is 343 g/mol. The molecule has 7 nitrogen and oxygen atoms in total. The summed E-state index contributed by atoms with van der Waals surface area (Å²) in [6.07, 6.45) is -4.64. The largest absolute Gasteiger partial charge is 0.433 e. The number of nitrogens with zero attached hydrogens (tertiary/aromatic N) is 4. The Morgan fingerprint density at radius 3 is 2.50 bits per heavy atom. The Kier molecular flexibility index (Phi) is 4.76. The fraction of sp³-hybridized carbons (Fsp3) is 0.429. The van der Waals surface area contributed by atoms with E-state index >= 15 is 0 Å². The van der Waals surface area contributed by atoms with Gasteiger partial charge in [0.2, 0.25) is 5.89 Å². The molecule has 0 bridgehead atoms. The molecular formula is C14H16F3N5O2. The van der Waals surface area contributed by atoms with E-state index in [9.17, 15) is 18.0 Å². The molecule has 0 unspecified atom stereocenters. The van der Waals surface area contributed by atoms with Crippen LogP contribution < -0.4 is 10.6 Å². The van der Waals surface area contributed by atoms with Crippen LogP contribution in [0.2, 0.25) is 0 Å². The van der Waals surface area contributed by atoms with E-state index < -0.39 is 17.8 Å². The van der Waals surface area contributed by atoms with Crippen LogP contribution >= 0.6 is 0 Å². The average Bonchev–Trinajstić information content (AvgIpc) is 2.94. The Bertz CT molecular complexity index is 742. The van der Waals surface area contributed by atoms with Crippen molar-refractivity contribution in [1.29, 1.82) is 0 Å². The second kappa shape index (κ2) is 6.46. The summed E-state index contributed by atoms with van der Waals surface area (Å²) >= 11 is 0. The van der Waals surface area contributed by atoms with Crippen molar-refractivity contribution in [1.82, 2.24) is 15.1 Å². The molecule has 0 saturated carbocycles. The molecule has 0 atom stereocenters. The summed E-state index contributed by atoms with van der Waals surface area (Å²) in [7, 11) is 1.46. The fourth-order valence-electron chi connectivity index (χ4n) is 1.94. The van der Waals surface area contributed by atoms with Gasteiger partial charge in [-0.25, -0.2) is 4.98 Å². The maximum Gasteiger partial charge on any atom is 0.433 e. The van der Waals surface area contributed by atoms with Gasteiger partial charge in [0.1, 0.15) is 11.5 Å². The van der Waals surface area contributed by atoms with Crippen LogP contribution in [-0.4, -0.2) is 28.1 Å². The van der Waals surface area contributed by atoms with Gasteiger partial charge in [-0.3, -0.25) is 4.79 Å². The lowest BCUT2D eigenvalue weighted by molar-refractivity contribution is -0.141. The monoisotopic (exact) mass is 343 g/mol. The molecule has 0 aliphatic rings. The smallest absolute Gasteiger partial charge is 0.365 e. The maximum atomic E-state index is 12.8. The molecule has 0 spiro atoms. The molecule has 0 radical (unpaired) electrons. The molecule has 0 aliphatic carbocycles. The molecule has 0 fully saturated rings. The zero-order chi connectivity index (χ0) is 18.1. The highest BCUT2D eigenvalue weighted by Crippen LogP contribution is 2.30. The number of aromatic nitrogens is 3. The molecule has 2 heterocycles. The molecule has 2 rings (SSSR count). The number of nitrogens with two attached hydrogens (primary N) is 1. The number of amides is 1. The third kappa shape index (κ3) is 3.81. The van der Waals surface area contributed by atoms with Crippen molar-refractivity contribution in [2.24, 2.45) is 5.73 Å². The van der Waals surface area contributed by atoms with E-state index in [0.29, 0.717) is 12.0 Å². The number of hydrogen-bond donors (Lipinski definition) is 1. The van der Waals surface area contributed by atoms with E-state index in [0.717, 1.165) is 6.07 Å². The Labute approximate surface area is 135 Å². The number of carbonyl (C=O) groups excluding carboxylic acids is 1. The zero-order valence-electron chi connectivity index (χ0n) is 13.3. The molecule has 2 N–H and O–H groups in total. The minimum Gasteiger partial charge on any atom is -0.365 e. The first kappa shape index (κ1) is 17.7. The lowest BCUT2D eigenvalue weighted by Gasteiger charge is -2.20. The van der Waals surface area contributed by atoms with Gasteiger partial charge in [0.05, 0.1) is 12.1 Å². The number of alkyl halides is 3. The molecule has 2 aromatic heterocycles. The minimum atomic E-state index is -4.64. The van der Waals surface area contributed by atoms with Crippen molar-refractivity contribution in [3.63, 3.8) is 0 Å². The summed E-state index contributed by atoms with van der Waals surface area (Å²) < 4.78 is 43.6. The minimum absolute atomic E-state index is 0.00477. The molecular weight excluding hydrogens is 327 g/mol.